The molecule has 0 aromatic heterocycles. The first-order valence-corrected chi connectivity index (χ1v) is 5.52. The van der Waals surface area contributed by atoms with Gasteiger partial charge in [0, 0.05) is 0 Å². The third-order valence-electron chi connectivity index (χ3n) is 3.06. The zero-order valence-electron chi connectivity index (χ0n) is 10.9. The lowest BCUT2D eigenvalue weighted by Gasteiger charge is -2.37. The van der Waals surface area contributed by atoms with Crippen molar-refractivity contribution in [3.63, 3.8) is 0 Å². The Morgan fingerprint density at radius 3 is 2.00 bits per heavy atom. The van der Waals surface area contributed by atoms with E-state index in [9.17, 15) is 13.9 Å². The minimum Gasteiger partial charge on any atom is -0.427 e. The molecule has 0 unspecified atom stereocenters. The number of anilines is 1. The molecule has 1 aromatic rings. The second-order valence-corrected chi connectivity index (χ2v) is 5.20. The van der Waals surface area contributed by atoms with Gasteiger partial charge in [0.25, 0.3) is 0 Å². The van der Waals surface area contributed by atoms with Crippen molar-refractivity contribution in [2.24, 2.45) is 0 Å². The van der Waals surface area contributed by atoms with Crippen molar-refractivity contribution >= 4 is 18.6 Å². The molecule has 6 heteroatoms. The fourth-order valence-electron chi connectivity index (χ4n) is 1.03. The van der Waals surface area contributed by atoms with Crippen LogP contribution in [0.25, 0.3) is 0 Å². The Balaban J connectivity index is 2.82. The molecule has 0 amide bonds. The highest BCUT2D eigenvalue weighted by Gasteiger charge is 2.35. The Hall–Kier alpha value is -1.14. The summed E-state index contributed by atoms with van der Waals surface area (Å²) in [5.41, 5.74) is 2.84. The molecular weight excluding hydrogens is 239 g/mol. The van der Waals surface area contributed by atoms with E-state index in [0.717, 1.165) is 12.1 Å². The van der Waals surface area contributed by atoms with Gasteiger partial charge in [-0.05, 0) is 45.3 Å². The van der Waals surface area contributed by atoms with Gasteiger partial charge in [0.2, 0.25) is 0 Å². The zero-order valence-corrected chi connectivity index (χ0v) is 10.9. The largest absolute Gasteiger partial charge is 0.427 e. The number of rotatable bonds is 4. The average molecular weight is 256 g/mol. The van der Waals surface area contributed by atoms with Crippen molar-refractivity contribution in [1.29, 1.82) is 0 Å². The van der Waals surface area contributed by atoms with Crippen LogP contribution in [0, 0.1) is 11.6 Å². The molecule has 3 N–H and O–H groups in total. The van der Waals surface area contributed by atoms with Crippen LogP contribution >= 0.6 is 0 Å². The van der Waals surface area contributed by atoms with Gasteiger partial charge in [-0.25, -0.2) is 8.78 Å². The Labute approximate surface area is 106 Å². The fraction of sp³-hybridized carbons (Fsp3) is 0.500. The molecule has 18 heavy (non-hydrogen) atoms. The molecule has 0 atom stereocenters. The smallest absolute Gasteiger partial charge is 0.331 e. The summed E-state index contributed by atoms with van der Waals surface area (Å²) in [6.45, 7) is 6.52. The maximum atomic E-state index is 13.2. The van der Waals surface area contributed by atoms with Crippen LogP contribution in [-0.4, -0.2) is 23.8 Å². The van der Waals surface area contributed by atoms with Crippen molar-refractivity contribution < 1.29 is 18.5 Å². The molecule has 99 valence electrons. The standard InChI is InChI=1S/C12H17BF2NO2/c1-11(2,17)12(3,4)18-13-7-5-8(14)10(16)9(15)6-7/h5-6,17H,16H2,1-4H3. The van der Waals surface area contributed by atoms with Gasteiger partial charge in [-0.1, -0.05) is 0 Å². The Bertz CT molecular complexity index is 421. The number of benzene rings is 1. The topological polar surface area (TPSA) is 55.5 Å². The quantitative estimate of drug-likeness (QED) is 0.631. The number of hydrogen-bond donors (Lipinski definition) is 2. The number of halogens is 2. The molecule has 0 fully saturated rings. The molecule has 0 aliphatic heterocycles. The van der Waals surface area contributed by atoms with Crippen molar-refractivity contribution in [3.05, 3.63) is 23.8 Å². The summed E-state index contributed by atoms with van der Waals surface area (Å²) < 4.78 is 31.8. The van der Waals surface area contributed by atoms with Crippen LogP contribution in [0.1, 0.15) is 27.7 Å². The van der Waals surface area contributed by atoms with E-state index < -0.39 is 28.5 Å². The van der Waals surface area contributed by atoms with E-state index in [4.69, 9.17) is 10.4 Å². The Kier molecular flexibility index (Phi) is 4.03. The predicted octanol–water partition coefficient (Wildman–Crippen LogP) is 1.36. The van der Waals surface area contributed by atoms with E-state index in [2.05, 4.69) is 0 Å². The molecule has 0 heterocycles. The maximum Gasteiger partial charge on any atom is 0.331 e. The van der Waals surface area contributed by atoms with Gasteiger partial charge in [-0.15, -0.1) is 0 Å². The maximum absolute atomic E-state index is 13.2. The molecule has 3 nitrogen and oxygen atoms in total. The summed E-state index contributed by atoms with van der Waals surface area (Å²) in [7, 11) is 1.20. The van der Waals surface area contributed by atoms with E-state index in [-0.39, 0.29) is 5.46 Å². The predicted molar refractivity (Wildman–Crippen MR) is 67.6 cm³/mol. The molecule has 1 aromatic carbocycles. The zero-order chi connectivity index (χ0) is 14.1. The van der Waals surface area contributed by atoms with Gasteiger partial charge in [-0.2, -0.15) is 0 Å². The van der Waals surface area contributed by atoms with Crippen LogP contribution in [0.3, 0.4) is 0 Å². The average Bonchev–Trinajstić information content (AvgIpc) is 2.21. The summed E-state index contributed by atoms with van der Waals surface area (Å²) in [6, 6.07) is 2.14. The normalized spacial score (nSPS) is 12.6. The van der Waals surface area contributed by atoms with Crippen molar-refractivity contribution in [2.45, 2.75) is 38.9 Å². The van der Waals surface area contributed by atoms with E-state index >= 15 is 0 Å². The van der Waals surface area contributed by atoms with Crippen LogP contribution in [0.4, 0.5) is 14.5 Å². The van der Waals surface area contributed by atoms with E-state index in [1.807, 2.05) is 0 Å². The third-order valence-corrected chi connectivity index (χ3v) is 3.06. The molecule has 0 aliphatic rings. The second kappa shape index (κ2) is 4.86. The minimum absolute atomic E-state index is 0.205. The van der Waals surface area contributed by atoms with Gasteiger partial charge < -0.3 is 15.5 Å². The van der Waals surface area contributed by atoms with Crippen molar-refractivity contribution in [3.8, 4) is 0 Å². The lowest BCUT2D eigenvalue weighted by atomic mass is 9.82. The van der Waals surface area contributed by atoms with Gasteiger partial charge in [0.15, 0.2) is 0 Å². The van der Waals surface area contributed by atoms with Crippen molar-refractivity contribution in [1.82, 2.24) is 0 Å². The first-order chi connectivity index (χ1) is 8.04. The summed E-state index contributed by atoms with van der Waals surface area (Å²) in [5, 5.41) is 9.86. The van der Waals surface area contributed by atoms with Crippen LogP contribution in [0.5, 0.6) is 0 Å². The van der Waals surface area contributed by atoms with Gasteiger partial charge in [0.05, 0.1) is 11.2 Å². The first kappa shape index (κ1) is 14.9. The van der Waals surface area contributed by atoms with E-state index in [0.29, 0.717) is 0 Å². The third kappa shape index (κ3) is 3.20. The second-order valence-electron chi connectivity index (χ2n) is 5.20. The summed E-state index contributed by atoms with van der Waals surface area (Å²) in [4.78, 5) is 0. The van der Waals surface area contributed by atoms with Gasteiger partial charge in [0.1, 0.15) is 17.3 Å². The molecule has 0 aliphatic carbocycles. The number of nitrogens with two attached hydrogens (primary N) is 1. The van der Waals surface area contributed by atoms with Gasteiger partial charge >= 0.3 is 7.48 Å². The molecule has 0 bridgehead atoms. The fourth-order valence-corrected chi connectivity index (χ4v) is 1.03. The highest BCUT2D eigenvalue weighted by molar-refractivity contribution is 6.47. The van der Waals surface area contributed by atoms with Crippen LogP contribution < -0.4 is 11.2 Å². The van der Waals surface area contributed by atoms with E-state index in [1.54, 1.807) is 27.7 Å². The molecule has 0 saturated carbocycles. The molecule has 0 saturated heterocycles. The number of hydrogen-bond acceptors (Lipinski definition) is 3. The molecule has 1 rings (SSSR count). The highest BCUT2D eigenvalue weighted by Crippen LogP contribution is 2.24. The minimum atomic E-state index is -1.10. The molecular formula is C12H17BF2NO2. The summed E-state index contributed by atoms with van der Waals surface area (Å²) >= 11 is 0. The van der Waals surface area contributed by atoms with Gasteiger partial charge in [-0.3, -0.25) is 0 Å². The monoisotopic (exact) mass is 256 g/mol. The van der Waals surface area contributed by atoms with Crippen LogP contribution in [-0.2, 0) is 4.65 Å². The molecule has 1 radical (unpaired) electrons. The Morgan fingerprint density at radius 1 is 1.17 bits per heavy atom. The summed E-state index contributed by atoms with van der Waals surface area (Å²) in [6.07, 6.45) is 0. The molecule has 0 spiro atoms. The Morgan fingerprint density at radius 2 is 1.61 bits per heavy atom. The van der Waals surface area contributed by atoms with Crippen molar-refractivity contribution in [2.75, 3.05) is 5.73 Å². The lowest BCUT2D eigenvalue weighted by molar-refractivity contribution is -0.0893. The van der Waals surface area contributed by atoms with Crippen LogP contribution in [0.15, 0.2) is 12.1 Å². The van der Waals surface area contributed by atoms with Crippen LogP contribution in [0.2, 0.25) is 0 Å². The lowest BCUT2D eigenvalue weighted by Crippen LogP contribution is -2.49. The van der Waals surface area contributed by atoms with E-state index in [1.165, 1.54) is 7.48 Å². The highest BCUT2D eigenvalue weighted by atomic mass is 19.1. The SMILES string of the molecule is CC(C)(O)C(C)(C)O[B]c1cc(F)c(N)c(F)c1. The number of aliphatic hydroxyl groups is 1. The first-order valence-electron chi connectivity index (χ1n) is 5.52. The number of nitrogen functional groups attached to an aromatic ring is 1. The summed E-state index contributed by atoms with van der Waals surface area (Å²) in [5.74, 6) is -1.68.